The lowest BCUT2D eigenvalue weighted by Gasteiger charge is -2.32. The Bertz CT molecular complexity index is 1370. The lowest BCUT2D eigenvalue weighted by atomic mass is 9.96. The van der Waals surface area contributed by atoms with Crippen LogP contribution in [0.2, 0.25) is 0 Å². The molecule has 0 bridgehead atoms. The molecule has 3 aliphatic heterocycles. The minimum atomic E-state index is -0.460. The number of carbonyl (C=O) groups excluding carboxylic acids is 2. The van der Waals surface area contributed by atoms with Gasteiger partial charge < -0.3 is 29.5 Å². The average Bonchev–Trinajstić information content (AvgIpc) is 3.65. The van der Waals surface area contributed by atoms with E-state index in [0.717, 1.165) is 36.3 Å². The van der Waals surface area contributed by atoms with Crippen molar-refractivity contribution in [3.8, 4) is 17.3 Å². The molecule has 2 aromatic heterocycles. The second-order valence-corrected chi connectivity index (χ2v) is 9.72. The van der Waals surface area contributed by atoms with E-state index in [9.17, 15) is 14.7 Å². The number of nitrogens with one attached hydrogen (secondary N) is 1. The van der Waals surface area contributed by atoms with Crippen molar-refractivity contribution >= 4 is 17.8 Å². The molecule has 1 fully saturated rings. The summed E-state index contributed by atoms with van der Waals surface area (Å²) >= 11 is 0. The molecule has 37 heavy (non-hydrogen) atoms. The molecule has 2 N–H and O–H groups in total. The number of urea groups is 1. The number of pyridine rings is 1. The second kappa shape index (κ2) is 9.47. The molecule has 0 unspecified atom stereocenters. The number of hydrogen-bond acceptors (Lipinski definition) is 7. The van der Waals surface area contributed by atoms with Gasteiger partial charge in [-0.1, -0.05) is 6.07 Å². The van der Waals surface area contributed by atoms with Crippen LogP contribution >= 0.6 is 0 Å². The molecule has 1 aromatic carbocycles. The Morgan fingerprint density at radius 2 is 1.97 bits per heavy atom. The number of anilines is 1. The summed E-state index contributed by atoms with van der Waals surface area (Å²) in [7, 11) is 1.54. The van der Waals surface area contributed by atoms with Crippen molar-refractivity contribution in [3.63, 3.8) is 0 Å². The Balaban J connectivity index is 1.22. The molecular formula is C26H29N7O4. The fourth-order valence-electron chi connectivity index (χ4n) is 5.36. The van der Waals surface area contributed by atoms with Crippen LogP contribution in [0.15, 0.2) is 30.3 Å². The second-order valence-electron chi connectivity index (χ2n) is 9.72. The maximum atomic E-state index is 13.3. The summed E-state index contributed by atoms with van der Waals surface area (Å²) < 4.78 is 7.62. The average molecular weight is 504 g/mol. The van der Waals surface area contributed by atoms with Crippen molar-refractivity contribution in [2.75, 3.05) is 32.1 Å². The number of fused-ring (bicyclic) bond motifs is 2. The molecule has 0 spiro atoms. The molecule has 6 rings (SSSR count). The van der Waals surface area contributed by atoms with E-state index in [1.54, 1.807) is 29.0 Å². The van der Waals surface area contributed by atoms with Gasteiger partial charge in [0.1, 0.15) is 23.1 Å². The van der Waals surface area contributed by atoms with Crippen LogP contribution in [0.1, 0.15) is 40.2 Å². The number of aliphatic hydroxyl groups excluding tert-OH is 1. The van der Waals surface area contributed by atoms with Gasteiger partial charge in [0, 0.05) is 39.1 Å². The quantitative estimate of drug-likeness (QED) is 0.558. The van der Waals surface area contributed by atoms with Crippen LogP contribution in [0.25, 0.3) is 11.5 Å². The minimum Gasteiger partial charge on any atom is -0.496 e. The number of rotatable bonds is 4. The molecule has 3 aliphatic rings. The lowest BCUT2D eigenvalue weighted by molar-refractivity contribution is 0.102. The summed E-state index contributed by atoms with van der Waals surface area (Å²) in [6.45, 7) is 2.76. The van der Waals surface area contributed by atoms with Crippen LogP contribution in [0.4, 0.5) is 10.6 Å². The number of likely N-dealkylation sites (tertiary alicyclic amines) is 1. The summed E-state index contributed by atoms with van der Waals surface area (Å²) in [4.78, 5) is 34.4. The number of benzene rings is 1. The third-order valence-corrected chi connectivity index (χ3v) is 7.31. The number of aliphatic hydroxyl groups is 1. The number of hydrogen-bond donors (Lipinski definition) is 2. The van der Waals surface area contributed by atoms with E-state index in [-0.39, 0.29) is 11.9 Å². The standard InChI is InChI=1S/C26H29N7O4/c1-37-21-13-16-7-10-31(26(36)32-11-8-18(34)15-32)14-17(16)12-19(21)25(35)28-22-5-2-4-20(27-22)24-30-29-23-6-3-9-33(23)24/h2,4-5,12-13,18,34H,3,6-11,14-15H2,1H3,(H,27,28,35)/t18-/m1/s1. The Kier molecular flexibility index (Phi) is 5.99. The van der Waals surface area contributed by atoms with Crippen LogP contribution in [-0.4, -0.2) is 79.4 Å². The number of aryl methyl sites for hydroxylation is 1. The fourth-order valence-corrected chi connectivity index (χ4v) is 5.36. The predicted octanol–water partition coefficient (Wildman–Crippen LogP) is 2.09. The Hall–Kier alpha value is -3.99. The van der Waals surface area contributed by atoms with Crippen molar-refractivity contribution in [1.82, 2.24) is 29.5 Å². The first-order valence-electron chi connectivity index (χ1n) is 12.6. The smallest absolute Gasteiger partial charge is 0.320 e. The van der Waals surface area contributed by atoms with Gasteiger partial charge in [0.05, 0.1) is 18.8 Å². The zero-order valence-corrected chi connectivity index (χ0v) is 20.7. The molecule has 3 aromatic rings. The summed E-state index contributed by atoms with van der Waals surface area (Å²) in [5, 5.41) is 21.2. The summed E-state index contributed by atoms with van der Waals surface area (Å²) in [5.74, 6) is 2.19. The Labute approximate surface area is 214 Å². The largest absolute Gasteiger partial charge is 0.496 e. The van der Waals surface area contributed by atoms with Gasteiger partial charge in [-0.2, -0.15) is 0 Å². The fraction of sp³-hybridized carbons (Fsp3) is 0.423. The Morgan fingerprint density at radius 1 is 1.08 bits per heavy atom. The van der Waals surface area contributed by atoms with Crippen LogP contribution < -0.4 is 10.1 Å². The number of aromatic nitrogens is 4. The van der Waals surface area contributed by atoms with Crippen LogP contribution in [0.5, 0.6) is 5.75 Å². The molecule has 0 saturated carbocycles. The molecule has 1 saturated heterocycles. The van der Waals surface area contributed by atoms with E-state index in [1.165, 1.54) is 0 Å². The zero-order valence-electron chi connectivity index (χ0n) is 20.7. The third-order valence-electron chi connectivity index (χ3n) is 7.31. The first-order chi connectivity index (χ1) is 18.0. The van der Waals surface area contributed by atoms with Gasteiger partial charge in [0.15, 0.2) is 5.82 Å². The first-order valence-corrected chi connectivity index (χ1v) is 12.6. The third kappa shape index (κ3) is 4.39. The molecular weight excluding hydrogens is 474 g/mol. The number of methoxy groups -OCH3 is 1. The number of nitrogens with zero attached hydrogens (tertiary/aromatic N) is 6. The molecule has 3 amide bonds. The minimum absolute atomic E-state index is 0.0787. The lowest BCUT2D eigenvalue weighted by Crippen LogP contribution is -2.44. The number of β-amino-alcohol motifs (C(OH)–C–C–N with tert-alkyl or cyclic N) is 1. The van der Waals surface area contributed by atoms with Gasteiger partial charge in [-0.15, -0.1) is 10.2 Å². The highest BCUT2D eigenvalue weighted by Gasteiger charge is 2.31. The monoisotopic (exact) mass is 503 g/mol. The normalized spacial score (nSPS) is 18.5. The first kappa shape index (κ1) is 23.4. The summed E-state index contributed by atoms with van der Waals surface area (Å²) in [6.07, 6.45) is 2.76. The van der Waals surface area contributed by atoms with E-state index < -0.39 is 6.10 Å². The van der Waals surface area contributed by atoms with Gasteiger partial charge in [0.25, 0.3) is 5.91 Å². The topological polar surface area (TPSA) is 126 Å². The Morgan fingerprint density at radius 3 is 2.78 bits per heavy atom. The number of amides is 3. The molecule has 192 valence electrons. The van der Waals surface area contributed by atoms with Crippen molar-refractivity contribution in [2.24, 2.45) is 0 Å². The SMILES string of the molecule is COc1cc2c(cc1C(=O)Nc1cccc(-c3nnc4n3CCC4)n1)CN(C(=O)N1CC[C@@H](O)C1)CC2. The van der Waals surface area contributed by atoms with E-state index >= 15 is 0 Å². The highest BCUT2D eigenvalue weighted by molar-refractivity contribution is 6.06. The predicted molar refractivity (Wildman–Crippen MR) is 134 cm³/mol. The molecule has 11 heteroatoms. The molecule has 0 aliphatic carbocycles. The van der Waals surface area contributed by atoms with Crippen LogP contribution in [-0.2, 0) is 25.9 Å². The summed E-state index contributed by atoms with van der Waals surface area (Å²) in [6, 6.07) is 9.03. The summed E-state index contributed by atoms with van der Waals surface area (Å²) in [5.41, 5.74) is 2.99. The van der Waals surface area contributed by atoms with Crippen molar-refractivity contribution in [2.45, 2.75) is 44.9 Å². The van der Waals surface area contributed by atoms with Crippen molar-refractivity contribution < 1.29 is 19.4 Å². The van der Waals surface area contributed by atoms with Gasteiger partial charge >= 0.3 is 6.03 Å². The molecule has 5 heterocycles. The maximum Gasteiger partial charge on any atom is 0.320 e. The number of ether oxygens (including phenoxy) is 1. The van der Waals surface area contributed by atoms with E-state index in [4.69, 9.17) is 4.74 Å². The zero-order chi connectivity index (χ0) is 25.5. The number of carbonyl (C=O) groups is 2. The van der Waals surface area contributed by atoms with Crippen molar-refractivity contribution in [3.05, 3.63) is 52.8 Å². The van der Waals surface area contributed by atoms with E-state index in [0.29, 0.717) is 67.7 Å². The van der Waals surface area contributed by atoms with Gasteiger partial charge in [-0.3, -0.25) is 4.79 Å². The van der Waals surface area contributed by atoms with E-state index in [1.807, 2.05) is 18.2 Å². The highest BCUT2D eigenvalue weighted by atomic mass is 16.5. The van der Waals surface area contributed by atoms with Gasteiger partial charge in [-0.05, 0) is 54.7 Å². The van der Waals surface area contributed by atoms with Crippen LogP contribution in [0.3, 0.4) is 0 Å². The van der Waals surface area contributed by atoms with Crippen molar-refractivity contribution in [1.29, 1.82) is 0 Å². The maximum absolute atomic E-state index is 13.3. The molecule has 0 radical (unpaired) electrons. The molecule has 11 nitrogen and oxygen atoms in total. The highest BCUT2D eigenvalue weighted by Crippen LogP contribution is 2.30. The van der Waals surface area contributed by atoms with Gasteiger partial charge in [-0.25, -0.2) is 9.78 Å². The van der Waals surface area contributed by atoms with E-state index in [2.05, 4.69) is 25.1 Å². The van der Waals surface area contributed by atoms with Gasteiger partial charge in [0.2, 0.25) is 0 Å². The molecule has 1 atom stereocenters. The van der Waals surface area contributed by atoms with Crippen LogP contribution in [0, 0.1) is 0 Å².